The molecule has 1 N–H and O–H groups in total. The Morgan fingerprint density at radius 2 is 1.61 bits per heavy atom. The third kappa shape index (κ3) is 7.73. The van der Waals surface area contributed by atoms with Gasteiger partial charge in [-0.2, -0.15) is 30.7 Å². The molecule has 1 unspecified atom stereocenters. The van der Waals surface area contributed by atoms with Crippen LogP contribution in [0.2, 0.25) is 0 Å². The molecule has 0 spiro atoms. The average Bonchev–Trinajstić information content (AvgIpc) is 2.64. The Bertz CT molecular complexity index is 796. The standard InChI is InChI=1S/C18H18F7NO4S/c1-11(17(21,22)23)13(27)30-15(2,29-9-8-16(19,20)18(24,25)31)14(28)26-10-12-6-4-3-5-7-12/h3-7,31H,1,8-10H2,2H3,(H,26,28). The molecule has 1 aromatic carbocycles. The molecule has 0 heterocycles. The summed E-state index contributed by atoms with van der Waals surface area (Å²) in [6, 6.07) is 8.05. The molecule has 1 rings (SSSR count). The topological polar surface area (TPSA) is 64.6 Å². The minimum absolute atomic E-state index is 0.193. The van der Waals surface area contributed by atoms with Crippen molar-refractivity contribution in [3.63, 3.8) is 0 Å². The van der Waals surface area contributed by atoms with E-state index in [0.717, 1.165) is 0 Å². The van der Waals surface area contributed by atoms with Crippen LogP contribution in [0, 0.1) is 0 Å². The number of ether oxygens (including phenoxy) is 2. The van der Waals surface area contributed by atoms with Crippen LogP contribution in [0.15, 0.2) is 42.5 Å². The molecule has 0 fully saturated rings. The van der Waals surface area contributed by atoms with Crippen LogP contribution in [0.4, 0.5) is 30.7 Å². The van der Waals surface area contributed by atoms with E-state index in [0.29, 0.717) is 12.5 Å². The highest BCUT2D eigenvalue weighted by molar-refractivity contribution is 7.81. The highest BCUT2D eigenvalue weighted by Crippen LogP contribution is 2.40. The molecule has 0 aliphatic heterocycles. The fourth-order valence-corrected chi connectivity index (χ4v) is 2.07. The molecule has 1 aromatic rings. The second-order valence-corrected chi connectivity index (χ2v) is 6.89. The molecule has 1 amide bonds. The van der Waals surface area contributed by atoms with Crippen molar-refractivity contribution in [2.45, 2.75) is 43.0 Å². The lowest BCUT2D eigenvalue weighted by Crippen LogP contribution is -2.51. The third-order valence-corrected chi connectivity index (χ3v) is 4.15. The van der Waals surface area contributed by atoms with Crippen LogP contribution in [0.25, 0.3) is 0 Å². The highest BCUT2D eigenvalue weighted by Gasteiger charge is 2.53. The van der Waals surface area contributed by atoms with Gasteiger partial charge in [0.05, 0.1) is 6.61 Å². The zero-order valence-electron chi connectivity index (χ0n) is 15.9. The summed E-state index contributed by atoms with van der Waals surface area (Å²) in [6.45, 7) is 1.69. The van der Waals surface area contributed by atoms with Crippen molar-refractivity contribution in [2.75, 3.05) is 6.61 Å². The lowest BCUT2D eigenvalue weighted by molar-refractivity contribution is -0.231. The van der Waals surface area contributed by atoms with Crippen molar-refractivity contribution in [1.82, 2.24) is 5.32 Å². The number of rotatable bonds is 10. The summed E-state index contributed by atoms with van der Waals surface area (Å²) in [6.07, 6.45) is -6.89. The van der Waals surface area contributed by atoms with E-state index in [4.69, 9.17) is 4.74 Å². The van der Waals surface area contributed by atoms with Gasteiger partial charge in [-0.05, 0) is 5.56 Å². The van der Waals surface area contributed by atoms with E-state index in [2.05, 4.69) is 29.3 Å². The number of hydrogen-bond acceptors (Lipinski definition) is 5. The Balaban J connectivity index is 2.97. The number of nitrogens with one attached hydrogen (secondary N) is 1. The number of alkyl halides is 7. The largest absolute Gasteiger partial charge is 0.422 e. The molecule has 13 heteroatoms. The quantitative estimate of drug-likeness (QED) is 0.174. The molecule has 0 aromatic heterocycles. The first-order valence-corrected chi connectivity index (χ1v) is 8.88. The zero-order valence-corrected chi connectivity index (χ0v) is 16.8. The number of esters is 1. The summed E-state index contributed by atoms with van der Waals surface area (Å²) >= 11 is 2.47. The van der Waals surface area contributed by atoms with Gasteiger partial charge in [0.1, 0.15) is 5.57 Å². The molecule has 0 bridgehead atoms. The lowest BCUT2D eigenvalue weighted by atomic mass is 10.2. The predicted molar refractivity (Wildman–Crippen MR) is 97.4 cm³/mol. The van der Waals surface area contributed by atoms with Gasteiger partial charge in [-0.3, -0.25) is 4.79 Å². The number of amides is 1. The second kappa shape index (κ2) is 9.90. The van der Waals surface area contributed by atoms with E-state index in [1.54, 1.807) is 30.3 Å². The van der Waals surface area contributed by atoms with Crippen LogP contribution < -0.4 is 5.32 Å². The van der Waals surface area contributed by atoms with Gasteiger partial charge in [0.25, 0.3) is 11.7 Å². The SMILES string of the molecule is C=C(C(=O)OC(C)(OCCC(F)(F)C(F)(F)S)C(=O)NCc1ccccc1)C(F)(F)F. The van der Waals surface area contributed by atoms with Gasteiger partial charge < -0.3 is 14.8 Å². The van der Waals surface area contributed by atoms with E-state index < -0.39 is 53.6 Å². The summed E-state index contributed by atoms with van der Waals surface area (Å²) in [7, 11) is 0. The Morgan fingerprint density at radius 3 is 2.10 bits per heavy atom. The summed E-state index contributed by atoms with van der Waals surface area (Å²) in [5.74, 6) is -11.0. The van der Waals surface area contributed by atoms with E-state index in [1.165, 1.54) is 0 Å². The van der Waals surface area contributed by atoms with Crippen LogP contribution in [-0.2, 0) is 25.6 Å². The van der Waals surface area contributed by atoms with Crippen molar-refractivity contribution >= 4 is 24.5 Å². The summed E-state index contributed by atoms with van der Waals surface area (Å²) < 4.78 is 99.4. The first-order chi connectivity index (χ1) is 14.0. The highest BCUT2D eigenvalue weighted by atomic mass is 32.1. The van der Waals surface area contributed by atoms with E-state index in [-0.39, 0.29) is 6.54 Å². The van der Waals surface area contributed by atoms with Crippen LogP contribution in [-0.4, -0.2) is 41.6 Å². The van der Waals surface area contributed by atoms with Gasteiger partial charge in [-0.15, -0.1) is 0 Å². The number of hydrogen-bond donors (Lipinski definition) is 2. The van der Waals surface area contributed by atoms with Crippen molar-refractivity contribution in [1.29, 1.82) is 0 Å². The van der Waals surface area contributed by atoms with E-state index in [1.807, 2.05) is 0 Å². The smallest absolute Gasteiger partial charge is 0.420 e. The molecule has 0 aliphatic rings. The number of halogens is 7. The summed E-state index contributed by atoms with van der Waals surface area (Å²) in [5.41, 5.74) is -1.46. The van der Waals surface area contributed by atoms with Crippen molar-refractivity contribution in [2.24, 2.45) is 0 Å². The van der Waals surface area contributed by atoms with Crippen LogP contribution in [0.3, 0.4) is 0 Å². The van der Waals surface area contributed by atoms with Gasteiger partial charge in [-0.1, -0.05) is 49.5 Å². The maximum absolute atomic E-state index is 13.3. The molecule has 0 radical (unpaired) electrons. The Morgan fingerprint density at radius 1 is 1.06 bits per heavy atom. The average molecular weight is 477 g/mol. The molecule has 0 saturated heterocycles. The maximum Gasteiger partial charge on any atom is 0.422 e. The summed E-state index contributed by atoms with van der Waals surface area (Å²) in [5, 5.41) is -2.53. The Labute approximate surface area is 178 Å². The normalized spacial score (nSPS) is 14.5. The fraction of sp³-hybridized carbons (Fsp3) is 0.444. The minimum Gasteiger partial charge on any atom is -0.420 e. The zero-order chi connectivity index (χ0) is 24.1. The van der Waals surface area contributed by atoms with E-state index in [9.17, 15) is 40.3 Å². The van der Waals surface area contributed by atoms with Gasteiger partial charge in [0.2, 0.25) is 0 Å². The molecule has 0 saturated carbocycles. The number of benzene rings is 1. The monoisotopic (exact) mass is 477 g/mol. The lowest BCUT2D eigenvalue weighted by Gasteiger charge is -2.30. The second-order valence-electron chi connectivity index (χ2n) is 6.32. The summed E-state index contributed by atoms with van der Waals surface area (Å²) in [4.78, 5) is 24.1. The molecule has 0 aliphatic carbocycles. The van der Waals surface area contributed by atoms with Crippen LogP contribution in [0.1, 0.15) is 18.9 Å². The molecular weight excluding hydrogens is 459 g/mol. The molecule has 174 valence electrons. The van der Waals surface area contributed by atoms with Gasteiger partial charge in [0.15, 0.2) is 0 Å². The Kier molecular flexibility index (Phi) is 8.54. The van der Waals surface area contributed by atoms with Crippen molar-refractivity contribution in [3.05, 3.63) is 48.0 Å². The predicted octanol–water partition coefficient (Wildman–Crippen LogP) is 4.25. The van der Waals surface area contributed by atoms with Crippen LogP contribution in [0.5, 0.6) is 0 Å². The Hall–Kier alpha value is -2.28. The van der Waals surface area contributed by atoms with Gasteiger partial charge >= 0.3 is 23.3 Å². The van der Waals surface area contributed by atoms with Gasteiger partial charge in [0, 0.05) is 19.9 Å². The first kappa shape index (κ1) is 26.8. The van der Waals surface area contributed by atoms with Crippen molar-refractivity contribution < 1.29 is 49.8 Å². The molecule has 5 nitrogen and oxygen atoms in total. The molecule has 1 atom stereocenters. The molecule has 31 heavy (non-hydrogen) atoms. The van der Waals surface area contributed by atoms with Gasteiger partial charge in [-0.25, -0.2) is 4.79 Å². The van der Waals surface area contributed by atoms with Crippen LogP contribution >= 0.6 is 12.6 Å². The molecular formula is C18H18F7NO4S. The minimum atomic E-state index is -5.21. The van der Waals surface area contributed by atoms with E-state index >= 15 is 0 Å². The number of thiol groups is 1. The number of carbonyl (C=O) groups is 2. The third-order valence-electron chi connectivity index (χ3n) is 3.82. The number of carbonyl (C=O) groups excluding carboxylic acids is 2. The van der Waals surface area contributed by atoms with Crippen molar-refractivity contribution in [3.8, 4) is 0 Å². The first-order valence-electron chi connectivity index (χ1n) is 8.43. The maximum atomic E-state index is 13.3. The fourth-order valence-electron chi connectivity index (χ4n) is 1.96.